The number of allylic oxidation sites excluding steroid dienone is 13. The van der Waals surface area contributed by atoms with Crippen LogP contribution in [0.5, 0.6) is 0 Å². The monoisotopic (exact) mass is 579 g/mol. The molecule has 0 fully saturated rings. The second-order valence-corrected chi connectivity index (χ2v) is 12.3. The van der Waals surface area contributed by atoms with E-state index in [0.29, 0.717) is 5.92 Å². The smallest absolute Gasteiger partial charge is 0.145 e. The van der Waals surface area contributed by atoms with Crippen LogP contribution in [-0.2, 0) is 0 Å². The van der Waals surface area contributed by atoms with E-state index >= 15 is 0 Å². The Balaban J connectivity index is 1.12. The predicted molar refractivity (Wildman–Crippen MR) is 187 cm³/mol. The lowest BCUT2D eigenvalue weighted by molar-refractivity contribution is 0.654. The van der Waals surface area contributed by atoms with Crippen LogP contribution in [0.15, 0.2) is 174 Å². The van der Waals surface area contributed by atoms with Crippen molar-refractivity contribution in [2.24, 2.45) is 10.9 Å². The highest BCUT2D eigenvalue weighted by Crippen LogP contribution is 2.56. The van der Waals surface area contributed by atoms with Gasteiger partial charge in [-0.2, -0.15) is 0 Å². The highest BCUT2D eigenvalue weighted by atomic mass is 15.2. The van der Waals surface area contributed by atoms with Gasteiger partial charge in [0.1, 0.15) is 6.17 Å². The van der Waals surface area contributed by atoms with Crippen molar-refractivity contribution in [3.05, 3.63) is 185 Å². The fourth-order valence-corrected chi connectivity index (χ4v) is 7.53. The molecule has 9 rings (SSSR count). The standard InChI is InChI=1S/C42H33N3/c1-3-13-30(14-4-1)36-27-37(31-15-5-2-6-16-31)44-42(43-36)32-19-23-33(24-20-32)45-38-25-21-28-11-7-9-17-34(28)40(38)41-35-18-10-8-12-29(35)22-26-39(41)45/h1,3-5,7-27,34,40,42-43H,2,6H2. The van der Waals surface area contributed by atoms with Crippen LogP contribution < -0.4 is 10.2 Å². The molecule has 4 aromatic carbocycles. The van der Waals surface area contributed by atoms with E-state index in [-0.39, 0.29) is 12.1 Å². The minimum atomic E-state index is -0.174. The molecule has 3 heteroatoms. The Morgan fingerprint density at radius 3 is 2.51 bits per heavy atom. The second-order valence-electron chi connectivity index (χ2n) is 12.3. The molecular weight excluding hydrogens is 546 g/mol. The van der Waals surface area contributed by atoms with E-state index in [1.807, 2.05) is 0 Å². The largest absolute Gasteiger partial charge is 0.360 e. The Morgan fingerprint density at radius 1 is 0.778 bits per heavy atom. The Hall–Kier alpha value is -5.41. The summed E-state index contributed by atoms with van der Waals surface area (Å²) >= 11 is 0. The quantitative estimate of drug-likeness (QED) is 0.261. The van der Waals surface area contributed by atoms with Crippen molar-refractivity contribution in [3.8, 4) is 0 Å². The number of nitrogens with one attached hydrogen (secondary N) is 1. The molecule has 3 nitrogen and oxygen atoms in total. The predicted octanol–water partition coefficient (Wildman–Crippen LogP) is 10.0. The minimum Gasteiger partial charge on any atom is -0.360 e. The number of rotatable bonds is 4. The molecule has 2 heterocycles. The highest BCUT2D eigenvalue weighted by Gasteiger charge is 2.42. The summed E-state index contributed by atoms with van der Waals surface area (Å²) in [6.07, 6.45) is 24.6. The molecule has 0 saturated carbocycles. The van der Waals surface area contributed by atoms with Crippen molar-refractivity contribution >= 4 is 33.6 Å². The molecule has 0 amide bonds. The van der Waals surface area contributed by atoms with E-state index in [1.54, 1.807) is 0 Å². The fraction of sp³-hybridized carbons (Fsp3) is 0.119. The molecule has 5 aliphatic rings. The lowest BCUT2D eigenvalue weighted by Gasteiger charge is -2.31. The topological polar surface area (TPSA) is 27.6 Å². The van der Waals surface area contributed by atoms with Gasteiger partial charge in [-0.05, 0) is 81.8 Å². The van der Waals surface area contributed by atoms with Gasteiger partial charge in [0.2, 0.25) is 0 Å². The summed E-state index contributed by atoms with van der Waals surface area (Å²) in [4.78, 5) is 7.70. The van der Waals surface area contributed by atoms with Gasteiger partial charge in [0.15, 0.2) is 0 Å². The summed E-state index contributed by atoms with van der Waals surface area (Å²) in [6, 6.07) is 33.0. The lowest BCUT2D eigenvalue weighted by Crippen LogP contribution is -2.25. The number of hydrogen-bond acceptors (Lipinski definition) is 3. The van der Waals surface area contributed by atoms with E-state index in [2.05, 4.69) is 162 Å². The van der Waals surface area contributed by atoms with E-state index in [9.17, 15) is 0 Å². The minimum absolute atomic E-state index is 0.174. The van der Waals surface area contributed by atoms with Gasteiger partial charge in [0.25, 0.3) is 0 Å². The molecular formula is C42H33N3. The third-order valence-electron chi connectivity index (χ3n) is 9.67. The average molecular weight is 580 g/mol. The second kappa shape index (κ2) is 10.6. The molecule has 216 valence electrons. The Morgan fingerprint density at radius 2 is 1.64 bits per heavy atom. The number of nitrogens with zero attached hydrogens (tertiary/aromatic N) is 2. The van der Waals surface area contributed by atoms with Crippen LogP contribution in [0.2, 0.25) is 0 Å². The number of aliphatic imine (C=N–C) groups is 1. The molecule has 3 unspecified atom stereocenters. The van der Waals surface area contributed by atoms with Crippen LogP contribution in [0.25, 0.3) is 16.5 Å². The maximum absolute atomic E-state index is 5.22. The van der Waals surface area contributed by atoms with Gasteiger partial charge >= 0.3 is 0 Å². The number of anilines is 2. The van der Waals surface area contributed by atoms with Gasteiger partial charge in [0, 0.05) is 28.9 Å². The maximum Gasteiger partial charge on any atom is 0.145 e. The summed E-state index contributed by atoms with van der Waals surface area (Å²) in [5.41, 5.74) is 12.2. The SMILES string of the molecule is C1=CC2=CC=C3C(c4c(ccc5ccccc45)N3c3ccc(C4N=C(C5=CCCC=C5)C=C(c5ccccc5)N4)cc3)C2C=C1. The van der Waals surface area contributed by atoms with E-state index in [4.69, 9.17) is 4.99 Å². The summed E-state index contributed by atoms with van der Waals surface area (Å²) in [5, 5.41) is 6.37. The third-order valence-corrected chi connectivity index (χ3v) is 9.67. The molecule has 1 N–H and O–H groups in total. The summed E-state index contributed by atoms with van der Waals surface area (Å²) in [5.74, 6) is 0.601. The van der Waals surface area contributed by atoms with Crippen molar-refractivity contribution < 1.29 is 0 Å². The van der Waals surface area contributed by atoms with Crippen LogP contribution in [0.4, 0.5) is 11.4 Å². The molecule has 45 heavy (non-hydrogen) atoms. The van der Waals surface area contributed by atoms with Crippen LogP contribution >= 0.6 is 0 Å². The Kier molecular flexibility index (Phi) is 6.15. The first-order valence-corrected chi connectivity index (χ1v) is 16.0. The normalized spacial score (nSPS) is 22.8. The maximum atomic E-state index is 5.22. The fourth-order valence-electron chi connectivity index (χ4n) is 7.53. The Bertz CT molecular complexity index is 2080. The van der Waals surface area contributed by atoms with E-state index < -0.39 is 0 Å². The zero-order valence-electron chi connectivity index (χ0n) is 25.0. The number of benzene rings is 4. The zero-order chi connectivity index (χ0) is 29.7. The first-order valence-electron chi connectivity index (χ1n) is 16.0. The van der Waals surface area contributed by atoms with Gasteiger partial charge in [-0.15, -0.1) is 0 Å². The lowest BCUT2D eigenvalue weighted by atomic mass is 9.75. The molecule has 4 aromatic rings. The molecule has 0 radical (unpaired) electrons. The van der Waals surface area contributed by atoms with Crippen LogP contribution in [0, 0.1) is 5.92 Å². The summed E-state index contributed by atoms with van der Waals surface area (Å²) in [7, 11) is 0. The number of fused-ring (bicyclic) bond motifs is 7. The van der Waals surface area contributed by atoms with Crippen molar-refractivity contribution in [1.29, 1.82) is 0 Å². The van der Waals surface area contributed by atoms with Crippen LogP contribution in [0.1, 0.15) is 41.6 Å². The molecule has 0 saturated heterocycles. The van der Waals surface area contributed by atoms with E-state index in [0.717, 1.165) is 29.8 Å². The molecule has 0 bridgehead atoms. The molecule has 3 aliphatic carbocycles. The average Bonchev–Trinajstić information content (AvgIpc) is 3.48. The van der Waals surface area contributed by atoms with Crippen LogP contribution in [-0.4, -0.2) is 5.71 Å². The van der Waals surface area contributed by atoms with Crippen LogP contribution in [0.3, 0.4) is 0 Å². The summed E-state index contributed by atoms with van der Waals surface area (Å²) in [6.45, 7) is 0. The van der Waals surface area contributed by atoms with Crippen molar-refractivity contribution in [3.63, 3.8) is 0 Å². The van der Waals surface area contributed by atoms with Gasteiger partial charge in [-0.25, -0.2) is 0 Å². The third kappa shape index (κ3) is 4.38. The van der Waals surface area contributed by atoms with Crippen molar-refractivity contribution in [2.75, 3.05) is 4.90 Å². The molecule has 2 aliphatic heterocycles. The van der Waals surface area contributed by atoms with Gasteiger partial charge in [0.05, 0.1) is 11.4 Å². The molecule has 0 spiro atoms. The summed E-state index contributed by atoms with van der Waals surface area (Å²) < 4.78 is 0. The zero-order valence-corrected chi connectivity index (χ0v) is 25.0. The first-order chi connectivity index (χ1) is 22.3. The van der Waals surface area contributed by atoms with Crippen molar-refractivity contribution in [2.45, 2.75) is 24.9 Å². The first kappa shape index (κ1) is 26.0. The molecule has 3 atom stereocenters. The van der Waals surface area contributed by atoms with Crippen molar-refractivity contribution in [1.82, 2.24) is 5.32 Å². The Labute approximate surface area is 264 Å². The van der Waals surface area contributed by atoms with E-state index in [1.165, 1.54) is 50.1 Å². The molecule has 0 aromatic heterocycles. The van der Waals surface area contributed by atoms with Gasteiger partial charge in [-0.1, -0.05) is 121 Å². The number of hydrogen-bond donors (Lipinski definition) is 1. The van der Waals surface area contributed by atoms with Gasteiger partial charge < -0.3 is 10.2 Å². The highest BCUT2D eigenvalue weighted by molar-refractivity contribution is 6.14. The van der Waals surface area contributed by atoms with Gasteiger partial charge in [-0.3, -0.25) is 4.99 Å².